The van der Waals surface area contributed by atoms with Crippen LogP contribution in [-0.4, -0.2) is 38.4 Å². The lowest BCUT2D eigenvalue weighted by Crippen LogP contribution is -2.46. The van der Waals surface area contributed by atoms with E-state index in [-0.39, 0.29) is 16.8 Å². The molecule has 1 aliphatic heterocycles. The quantitative estimate of drug-likeness (QED) is 0.901. The summed E-state index contributed by atoms with van der Waals surface area (Å²) in [4.78, 5) is 13.9. The van der Waals surface area contributed by atoms with Crippen molar-refractivity contribution in [3.8, 4) is 0 Å². The Bertz CT molecular complexity index is 564. The number of nitrogens with one attached hydrogen (secondary N) is 1. The van der Waals surface area contributed by atoms with Crippen molar-refractivity contribution in [3.05, 3.63) is 30.3 Å². The molecule has 1 aromatic carbocycles. The SMILES string of the molecule is CCCC(=O)N1CCC(NS(=O)(=O)c2ccccc2)CC1. The van der Waals surface area contributed by atoms with Crippen molar-refractivity contribution in [2.45, 2.75) is 43.5 Å². The number of carbonyl (C=O) groups excluding carboxylic acids is 1. The van der Waals surface area contributed by atoms with E-state index in [1.807, 2.05) is 11.8 Å². The van der Waals surface area contributed by atoms with Gasteiger partial charge in [0.15, 0.2) is 0 Å². The number of piperidine rings is 1. The lowest BCUT2D eigenvalue weighted by atomic mass is 10.1. The summed E-state index contributed by atoms with van der Waals surface area (Å²) in [5.74, 6) is 0.168. The molecule has 2 rings (SSSR count). The molecular weight excluding hydrogens is 288 g/mol. The fraction of sp³-hybridized carbons (Fsp3) is 0.533. The van der Waals surface area contributed by atoms with Gasteiger partial charge in [-0.1, -0.05) is 25.1 Å². The van der Waals surface area contributed by atoms with Gasteiger partial charge in [-0.3, -0.25) is 4.79 Å². The molecule has 5 nitrogen and oxygen atoms in total. The summed E-state index contributed by atoms with van der Waals surface area (Å²) in [6.07, 6.45) is 2.75. The van der Waals surface area contributed by atoms with Gasteiger partial charge in [0.2, 0.25) is 15.9 Å². The first-order chi connectivity index (χ1) is 10.0. The summed E-state index contributed by atoms with van der Waals surface area (Å²) in [6.45, 7) is 3.24. The normalized spacial score (nSPS) is 16.9. The summed E-state index contributed by atoms with van der Waals surface area (Å²) in [6, 6.07) is 8.28. The maximum absolute atomic E-state index is 12.2. The van der Waals surface area contributed by atoms with Crippen LogP contribution >= 0.6 is 0 Å². The fourth-order valence-electron chi connectivity index (χ4n) is 2.51. The third-order valence-corrected chi connectivity index (χ3v) is 5.22. The van der Waals surface area contributed by atoms with Crippen LogP contribution in [0.4, 0.5) is 0 Å². The van der Waals surface area contributed by atoms with Crippen molar-refractivity contribution in [1.82, 2.24) is 9.62 Å². The van der Waals surface area contributed by atoms with Gasteiger partial charge in [-0.05, 0) is 31.4 Å². The number of likely N-dealkylation sites (tertiary alicyclic amines) is 1. The van der Waals surface area contributed by atoms with Gasteiger partial charge in [-0.25, -0.2) is 13.1 Å². The van der Waals surface area contributed by atoms with E-state index < -0.39 is 10.0 Å². The Morgan fingerprint density at radius 2 is 1.86 bits per heavy atom. The van der Waals surface area contributed by atoms with E-state index >= 15 is 0 Å². The van der Waals surface area contributed by atoms with Gasteiger partial charge in [0.25, 0.3) is 0 Å². The minimum atomic E-state index is -3.46. The first kappa shape index (κ1) is 16.0. The zero-order valence-electron chi connectivity index (χ0n) is 12.3. The highest BCUT2D eigenvalue weighted by Crippen LogP contribution is 2.15. The van der Waals surface area contributed by atoms with Crippen molar-refractivity contribution >= 4 is 15.9 Å². The maximum atomic E-state index is 12.2. The number of carbonyl (C=O) groups is 1. The van der Waals surface area contributed by atoms with E-state index in [0.717, 1.165) is 6.42 Å². The van der Waals surface area contributed by atoms with Crippen LogP contribution in [0.5, 0.6) is 0 Å². The highest BCUT2D eigenvalue weighted by atomic mass is 32.2. The van der Waals surface area contributed by atoms with Gasteiger partial charge in [-0.2, -0.15) is 0 Å². The second-order valence-corrected chi connectivity index (χ2v) is 7.05. The first-order valence-electron chi connectivity index (χ1n) is 7.38. The molecule has 1 N–H and O–H groups in total. The van der Waals surface area contributed by atoms with Crippen molar-refractivity contribution in [3.63, 3.8) is 0 Å². The van der Waals surface area contributed by atoms with Gasteiger partial charge in [0, 0.05) is 25.6 Å². The number of hydrogen-bond donors (Lipinski definition) is 1. The smallest absolute Gasteiger partial charge is 0.240 e. The average molecular weight is 310 g/mol. The maximum Gasteiger partial charge on any atom is 0.240 e. The van der Waals surface area contributed by atoms with Crippen LogP contribution in [-0.2, 0) is 14.8 Å². The van der Waals surface area contributed by atoms with Crippen LogP contribution in [0.2, 0.25) is 0 Å². The number of rotatable bonds is 5. The van der Waals surface area contributed by atoms with E-state index in [2.05, 4.69) is 4.72 Å². The molecule has 21 heavy (non-hydrogen) atoms. The van der Waals surface area contributed by atoms with Crippen LogP contribution in [0, 0.1) is 0 Å². The van der Waals surface area contributed by atoms with E-state index in [4.69, 9.17) is 0 Å². The highest BCUT2D eigenvalue weighted by molar-refractivity contribution is 7.89. The van der Waals surface area contributed by atoms with Crippen molar-refractivity contribution in [1.29, 1.82) is 0 Å². The van der Waals surface area contributed by atoms with Gasteiger partial charge < -0.3 is 4.90 Å². The Morgan fingerprint density at radius 3 is 2.43 bits per heavy atom. The molecule has 0 atom stereocenters. The molecule has 0 unspecified atom stereocenters. The molecule has 0 spiro atoms. The Labute approximate surface area is 126 Å². The fourth-order valence-corrected chi connectivity index (χ4v) is 3.83. The largest absolute Gasteiger partial charge is 0.343 e. The molecule has 1 fully saturated rings. The summed E-state index contributed by atoms with van der Waals surface area (Å²) in [5, 5.41) is 0. The predicted molar refractivity (Wildman–Crippen MR) is 81.3 cm³/mol. The average Bonchev–Trinajstić information content (AvgIpc) is 2.49. The predicted octanol–water partition coefficient (Wildman–Crippen LogP) is 1.76. The molecule has 0 bridgehead atoms. The molecule has 1 heterocycles. The van der Waals surface area contributed by atoms with E-state index in [1.165, 1.54) is 0 Å². The van der Waals surface area contributed by atoms with Crippen LogP contribution in [0.1, 0.15) is 32.6 Å². The molecule has 0 aromatic heterocycles. The zero-order chi connectivity index (χ0) is 15.3. The van der Waals surface area contributed by atoms with Gasteiger partial charge in [0.05, 0.1) is 4.90 Å². The van der Waals surface area contributed by atoms with Crippen LogP contribution in [0.25, 0.3) is 0 Å². The minimum Gasteiger partial charge on any atom is -0.343 e. The molecule has 0 aliphatic carbocycles. The molecule has 116 valence electrons. The summed E-state index contributed by atoms with van der Waals surface area (Å²) >= 11 is 0. The summed E-state index contributed by atoms with van der Waals surface area (Å²) in [5.41, 5.74) is 0. The lowest BCUT2D eigenvalue weighted by Gasteiger charge is -2.32. The number of hydrogen-bond acceptors (Lipinski definition) is 3. The van der Waals surface area contributed by atoms with Crippen molar-refractivity contribution in [2.24, 2.45) is 0 Å². The second kappa shape index (κ2) is 7.04. The number of benzene rings is 1. The monoisotopic (exact) mass is 310 g/mol. The lowest BCUT2D eigenvalue weighted by molar-refractivity contribution is -0.132. The van der Waals surface area contributed by atoms with Crippen LogP contribution in [0.3, 0.4) is 0 Å². The van der Waals surface area contributed by atoms with E-state index in [1.54, 1.807) is 30.3 Å². The Kier molecular flexibility index (Phi) is 5.36. The summed E-state index contributed by atoms with van der Waals surface area (Å²) < 4.78 is 27.2. The Hall–Kier alpha value is -1.40. The topological polar surface area (TPSA) is 66.5 Å². The van der Waals surface area contributed by atoms with Gasteiger partial charge in [-0.15, -0.1) is 0 Å². The first-order valence-corrected chi connectivity index (χ1v) is 8.86. The molecule has 1 aliphatic rings. The molecule has 1 amide bonds. The Balaban J connectivity index is 1.90. The third-order valence-electron chi connectivity index (χ3n) is 3.69. The Morgan fingerprint density at radius 1 is 1.24 bits per heavy atom. The molecule has 1 aromatic rings. The van der Waals surface area contributed by atoms with Gasteiger partial charge >= 0.3 is 0 Å². The van der Waals surface area contributed by atoms with Crippen LogP contribution < -0.4 is 4.72 Å². The zero-order valence-corrected chi connectivity index (χ0v) is 13.1. The van der Waals surface area contributed by atoms with E-state index in [9.17, 15) is 13.2 Å². The number of nitrogens with zero attached hydrogens (tertiary/aromatic N) is 1. The standard InChI is InChI=1S/C15H22N2O3S/c1-2-6-15(18)17-11-9-13(10-12-17)16-21(19,20)14-7-4-3-5-8-14/h3-5,7-8,13,16H,2,6,9-12H2,1H3. The van der Waals surface area contributed by atoms with Crippen molar-refractivity contribution in [2.75, 3.05) is 13.1 Å². The molecule has 1 saturated heterocycles. The highest BCUT2D eigenvalue weighted by Gasteiger charge is 2.26. The van der Waals surface area contributed by atoms with E-state index in [0.29, 0.717) is 32.4 Å². The minimum absolute atomic E-state index is 0.0964. The molecule has 0 radical (unpaired) electrons. The number of sulfonamides is 1. The summed E-state index contributed by atoms with van der Waals surface area (Å²) in [7, 11) is -3.46. The molecular formula is C15H22N2O3S. The molecule has 6 heteroatoms. The van der Waals surface area contributed by atoms with Gasteiger partial charge in [0.1, 0.15) is 0 Å². The third kappa shape index (κ3) is 4.28. The number of amides is 1. The second-order valence-electron chi connectivity index (χ2n) is 5.34. The van der Waals surface area contributed by atoms with Crippen molar-refractivity contribution < 1.29 is 13.2 Å². The van der Waals surface area contributed by atoms with Crippen LogP contribution in [0.15, 0.2) is 35.2 Å². The molecule has 0 saturated carbocycles.